The van der Waals surface area contributed by atoms with Gasteiger partial charge in [-0.2, -0.15) is 0 Å². The highest BCUT2D eigenvalue weighted by Crippen LogP contribution is 2.35. The third-order valence-corrected chi connectivity index (χ3v) is 3.88. The third kappa shape index (κ3) is 2.48. The van der Waals surface area contributed by atoms with Crippen LogP contribution in [-0.4, -0.2) is 22.7 Å². The van der Waals surface area contributed by atoms with Crippen LogP contribution in [0.25, 0.3) is 0 Å². The van der Waals surface area contributed by atoms with Crippen molar-refractivity contribution in [3.8, 4) is 5.75 Å². The Hall–Kier alpha value is -1.46. The molecule has 0 fully saturated rings. The van der Waals surface area contributed by atoms with Crippen LogP contribution in [0, 0.1) is 0 Å². The van der Waals surface area contributed by atoms with Gasteiger partial charge in [-0.3, -0.25) is 0 Å². The molecule has 1 N–H and O–H groups in total. The number of hydrogen-bond donors (Lipinski definition) is 1. The number of para-hydroxylation sites is 1. The molecule has 0 spiro atoms. The van der Waals surface area contributed by atoms with E-state index in [0.29, 0.717) is 0 Å². The average molecular weight is 275 g/mol. The Morgan fingerprint density at radius 3 is 3.21 bits per heavy atom. The van der Waals surface area contributed by atoms with E-state index >= 15 is 0 Å². The monoisotopic (exact) mass is 275 g/mol. The molecule has 100 valence electrons. The van der Waals surface area contributed by atoms with E-state index in [2.05, 4.69) is 40.0 Å². The van der Waals surface area contributed by atoms with Crippen molar-refractivity contribution in [2.24, 2.45) is 0 Å². The number of nitrogens with one attached hydrogen (secondary N) is 1. The maximum atomic E-state index is 5.90. The van der Waals surface area contributed by atoms with Crippen LogP contribution in [0.4, 0.5) is 0 Å². The van der Waals surface area contributed by atoms with Gasteiger partial charge in [0, 0.05) is 10.9 Å². The Labute approximate surface area is 117 Å². The fourth-order valence-electron chi connectivity index (χ4n) is 2.52. The minimum Gasteiger partial charge on any atom is -0.493 e. The summed E-state index contributed by atoms with van der Waals surface area (Å²) in [6.07, 6.45) is 2.19. The summed E-state index contributed by atoms with van der Waals surface area (Å²) in [6.45, 7) is 3.78. The molecule has 1 aliphatic rings. The highest BCUT2D eigenvalue weighted by atomic mass is 32.1. The minimum atomic E-state index is 0.0665. The predicted molar refractivity (Wildman–Crippen MR) is 75.7 cm³/mol. The summed E-state index contributed by atoms with van der Waals surface area (Å²) in [6, 6.07) is 6.45. The Balaban J connectivity index is 2.03. The zero-order chi connectivity index (χ0) is 13.1. The fourth-order valence-corrected chi connectivity index (χ4v) is 3.00. The molecule has 2 heterocycles. The second-order valence-corrected chi connectivity index (χ2v) is 5.22. The molecule has 3 rings (SSSR count). The van der Waals surface area contributed by atoms with Gasteiger partial charge >= 0.3 is 0 Å². The lowest BCUT2D eigenvalue weighted by Gasteiger charge is -2.24. The molecule has 0 saturated heterocycles. The summed E-state index contributed by atoms with van der Waals surface area (Å²) in [7, 11) is 0. The van der Waals surface area contributed by atoms with Crippen molar-refractivity contribution in [1.82, 2.24) is 14.9 Å². The SMILES string of the molecule is CCNC(c1csnn1)c1cccc2c1OCCC2. The number of ether oxygens (including phenoxy) is 1. The van der Waals surface area contributed by atoms with Crippen molar-refractivity contribution < 1.29 is 4.74 Å². The van der Waals surface area contributed by atoms with Gasteiger partial charge in [0.05, 0.1) is 18.3 Å². The van der Waals surface area contributed by atoms with Crippen LogP contribution >= 0.6 is 11.5 Å². The van der Waals surface area contributed by atoms with Gasteiger partial charge in [0.15, 0.2) is 0 Å². The molecule has 1 unspecified atom stereocenters. The predicted octanol–water partition coefficient (Wildman–Crippen LogP) is 2.56. The summed E-state index contributed by atoms with van der Waals surface area (Å²) in [5, 5.41) is 9.68. The van der Waals surface area contributed by atoms with Crippen molar-refractivity contribution in [2.45, 2.75) is 25.8 Å². The molecule has 19 heavy (non-hydrogen) atoms. The third-order valence-electron chi connectivity index (χ3n) is 3.36. The Morgan fingerprint density at radius 1 is 1.47 bits per heavy atom. The zero-order valence-electron chi connectivity index (χ0n) is 10.9. The smallest absolute Gasteiger partial charge is 0.127 e. The van der Waals surface area contributed by atoms with Crippen LogP contribution in [0.5, 0.6) is 5.75 Å². The van der Waals surface area contributed by atoms with Crippen LogP contribution in [0.2, 0.25) is 0 Å². The highest BCUT2D eigenvalue weighted by molar-refractivity contribution is 7.03. The zero-order valence-corrected chi connectivity index (χ0v) is 11.7. The van der Waals surface area contributed by atoms with Gasteiger partial charge in [-0.05, 0) is 36.5 Å². The first-order valence-corrected chi connectivity index (χ1v) is 7.48. The number of hydrogen-bond acceptors (Lipinski definition) is 5. The first-order valence-electron chi connectivity index (χ1n) is 6.65. The summed E-state index contributed by atoms with van der Waals surface area (Å²) in [5.41, 5.74) is 3.44. The van der Waals surface area contributed by atoms with Gasteiger partial charge in [0.1, 0.15) is 5.75 Å². The molecule has 1 aromatic carbocycles. The second-order valence-electron chi connectivity index (χ2n) is 4.61. The number of aryl methyl sites for hydroxylation is 1. The minimum absolute atomic E-state index is 0.0665. The van der Waals surface area contributed by atoms with Crippen molar-refractivity contribution in [3.63, 3.8) is 0 Å². The van der Waals surface area contributed by atoms with E-state index in [1.54, 1.807) is 0 Å². The molecule has 0 radical (unpaired) electrons. The number of benzene rings is 1. The summed E-state index contributed by atoms with van der Waals surface area (Å²) < 4.78 is 9.87. The summed E-state index contributed by atoms with van der Waals surface area (Å²) in [4.78, 5) is 0. The molecule has 2 aromatic rings. The first kappa shape index (κ1) is 12.6. The molecule has 0 saturated carbocycles. The van der Waals surface area contributed by atoms with Crippen molar-refractivity contribution in [2.75, 3.05) is 13.2 Å². The van der Waals surface area contributed by atoms with Gasteiger partial charge in [0.25, 0.3) is 0 Å². The van der Waals surface area contributed by atoms with Crippen LogP contribution in [0.3, 0.4) is 0 Å². The number of nitrogens with zero attached hydrogens (tertiary/aromatic N) is 2. The molecule has 1 aliphatic heterocycles. The number of aromatic nitrogens is 2. The lowest BCUT2D eigenvalue weighted by Crippen LogP contribution is -2.24. The van der Waals surface area contributed by atoms with Crippen molar-refractivity contribution in [1.29, 1.82) is 0 Å². The average Bonchev–Trinajstić information content (AvgIpc) is 2.98. The summed E-state index contributed by atoms with van der Waals surface area (Å²) in [5.74, 6) is 1.03. The summed E-state index contributed by atoms with van der Waals surface area (Å²) >= 11 is 1.38. The van der Waals surface area contributed by atoms with Gasteiger partial charge in [-0.1, -0.05) is 29.6 Å². The second kappa shape index (κ2) is 5.67. The molecule has 1 aromatic heterocycles. The largest absolute Gasteiger partial charge is 0.493 e. The normalized spacial score (nSPS) is 15.6. The molecule has 0 aliphatic carbocycles. The van der Waals surface area contributed by atoms with Crippen LogP contribution in [-0.2, 0) is 6.42 Å². The lowest BCUT2D eigenvalue weighted by atomic mass is 9.96. The molecular weight excluding hydrogens is 258 g/mol. The Morgan fingerprint density at radius 2 is 2.42 bits per heavy atom. The molecule has 1 atom stereocenters. The van der Waals surface area contributed by atoms with E-state index in [1.807, 2.05) is 5.38 Å². The Kier molecular flexibility index (Phi) is 3.75. The van der Waals surface area contributed by atoms with Gasteiger partial charge in [-0.25, -0.2) is 0 Å². The Bertz CT molecular complexity index is 542. The van der Waals surface area contributed by atoms with Crippen LogP contribution in [0.15, 0.2) is 23.6 Å². The van der Waals surface area contributed by atoms with Gasteiger partial charge in [0.2, 0.25) is 0 Å². The van der Waals surface area contributed by atoms with Crippen LogP contribution in [0.1, 0.15) is 36.2 Å². The highest BCUT2D eigenvalue weighted by Gasteiger charge is 2.23. The van der Waals surface area contributed by atoms with E-state index in [-0.39, 0.29) is 6.04 Å². The van der Waals surface area contributed by atoms with E-state index in [0.717, 1.165) is 37.4 Å². The maximum absolute atomic E-state index is 5.90. The molecule has 0 amide bonds. The first-order chi connectivity index (χ1) is 9.40. The topological polar surface area (TPSA) is 47.0 Å². The number of fused-ring (bicyclic) bond motifs is 1. The maximum Gasteiger partial charge on any atom is 0.127 e. The molecule has 4 nitrogen and oxygen atoms in total. The standard InChI is InChI=1S/C14H17N3OS/c1-2-15-13(12-9-19-17-16-12)11-7-3-5-10-6-4-8-18-14(10)11/h3,5,7,9,13,15H,2,4,6,8H2,1H3. The molecule has 5 heteroatoms. The van der Waals surface area contributed by atoms with E-state index in [9.17, 15) is 0 Å². The number of rotatable bonds is 4. The van der Waals surface area contributed by atoms with Gasteiger partial charge in [-0.15, -0.1) is 5.10 Å². The molecular formula is C14H17N3OS. The van der Waals surface area contributed by atoms with Crippen molar-refractivity contribution in [3.05, 3.63) is 40.4 Å². The molecule has 0 bridgehead atoms. The quantitative estimate of drug-likeness (QED) is 0.931. The van der Waals surface area contributed by atoms with Crippen molar-refractivity contribution >= 4 is 11.5 Å². The van der Waals surface area contributed by atoms with E-state index < -0.39 is 0 Å². The lowest BCUT2D eigenvalue weighted by molar-refractivity contribution is 0.283. The van der Waals surface area contributed by atoms with E-state index in [1.165, 1.54) is 22.7 Å². The van der Waals surface area contributed by atoms with E-state index in [4.69, 9.17) is 4.74 Å². The van der Waals surface area contributed by atoms with Gasteiger partial charge < -0.3 is 10.1 Å². The fraction of sp³-hybridized carbons (Fsp3) is 0.429. The van der Waals surface area contributed by atoms with Crippen LogP contribution < -0.4 is 10.1 Å².